The molecule has 116 valence electrons. The van der Waals surface area contributed by atoms with Gasteiger partial charge in [0.2, 0.25) is 0 Å². The third-order valence-corrected chi connectivity index (χ3v) is 4.21. The molecule has 3 nitrogen and oxygen atoms in total. The topological polar surface area (TPSA) is 40.5 Å². The van der Waals surface area contributed by atoms with Gasteiger partial charge >= 0.3 is 0 Å². The second-order valence-corrected chi connectivity index (χ2v) is 6.20. The number of aliphatic hydroxyl groups is 1. The second kappa shape index (κ2) is 7.14. The van der Waals surface area contributed by atoms with Gasteiger partial charge in [-0.1, -0.05) is 12.8 Å². The Balaban J connectivity index is 1.71. The largest absolute Gasteiger partial charge is 0.389 e. The van der Waals surface area contributed by atoms with Crippen LogP contribution in [0.25, 0.3) is 0 Å². The lowest BCUT2D eigenvalue weighted by molar-refractivity contribution is 0.0162. The summed E-state index contributed by atoms with van der Waals surface area (Å²) in [6.45, 7) is 1.47. The third kappa shape index (κ3) is 4.90. The number of hydrogen-bond acceptors (Lipinski definition) is 3. The van der Waals surface area contributed by atoms with Crippen molar-refractivity contribution in [3.8, 4) is 0 Å². The van der Waals surface area contributed by atoms with Crippen molar-refractivity contribution in [2.45, 2.75) is 44.1 Å². The van der Waals surface area contributed by atoms with Crippen molar-refractivity contribution in [3.05, 3.63) is 35.6 Å². The van der Waals surface area contributed by atoms with E-state index >= 15 is 0 Å². The average Bonchev–Trinajstić information content (AvgIpc) is 2.85. The minimum atomic E-state index is -0.532. The Morgan fingerprint density at radius 1 is 1.29 bits per heavy atom. The first-order valence-corrected chi connectivity index (χ1v) is 7.68. The summed E-state index contributed by atoms with van der Waals surface area (Å²) in [5.41, 5.74) is 0.0314. The van der Waals surface area contributed by atoms with Gasteiger partial charge in [0.1, 0.15) is 5.82 Å². The molecule has 1 aliphatic carbocycles. The minimum Gasteiger partial charge on any atom is -0.389 e. The van der Waals surface area contributed by atoms with Gasteiger partial charge in [0.05, 0.1) is 5.60 Å². The quantitative estimate of drug-likeness (QED) is 0.786. The third-order valence-electron chi connectivity index (χ3n) is 4.21. The highest BCUT2D eigenvalue weighted by Crippen LogP contribution is 2.29. The van der Waals surface area contributed by atoms with Gasteiger partial charge in [0.25, 0.3) is 0 Å². The van der Waals surface area contributed by atoms with Gasteiger partial charge in [-0.25, -0.2) is 4.39 Å². The molecule has 0 unspecified atom stereocenters. The van der Waals surface area contributed by atoms with Gasteiger partial charge in [-0.2, -0.15) is 0 Å². The van der Waals surface area contributed by atoms with E-state index in [0.717, 1.165) is 38.6 Å². The first kappa shape index (κ1) is 16.1. The van der Waals surface area contributed by atoms with Crippen LogP contribution in [-0.2, 0) is 0 Å². The molecule has 1 aromatic rings. The fraction of sp³-hybridized carbons (Fsp3) is 0.588. The molecule has 1 aromatic carbocycles. The van der Waals surface area contributed by atoms with Gasteiger partial charge in [-0.15, -0.1) is 0 Å². The number of nitrogens with zero attached hydrogens (tertiary/aromatic N) is 1. The number of Topliss-reactive ketones (excluding diaryl/α,β-unsaturated/α-hetero) is 1. The van der Waals surface area contributed by atoms with E-state index in [1.54, 1.807) is 0 Å². The molecule has 0 radical (unpaired) electrons. The summed E-state index contributed by atoms with van der Waals surface area (Å²) in [5, 5.41) is 10.3. The predicted octanol–water partition coefficient (Wildman–Crippen LogP) is 3.03. The average molecular weight is 293 g/mol. The SMILES string of the molecule is CN(CCCC(=O)c1ccc(F)cc1)CC1(O)CCCC1. The number of halogens is 1. The van der Waals surface area contributed by atoms with Crippen LogP contribution in [0.2, 0.25) is 0 Å². The normalized spacial score (nSPS) is 17.3. The van der Waals surface area contributed by atoms with Crippen LogP contribution in [0.1, 0.15) is 48.9 Å². The number of benzene rings is 1. The zero-order valence-corrected chi connectivity index (χ0v) is 12.6. The lowest BCUT2D eigenvalue weighted by Crippen LogP contribution is -2.39. The van der Waals surface area contributed by atoms with Crippen molar-refractivity contribution in [1.29, 1.82) is 0 Å². The fourth-order valence-electron chi connectivity index (χ4n) is 3.06. The number of likely N-dealkylation sites (N-methyl/N-ethyl adjacent to an activating group) is 1. The van der Waals surface area contributed by atoms with Crippen molar-refractivity contribution in [3.63, 3.8) is 0 Å². The Labute approximate surface area is 125 Å². The Bertz CT molecular complexity index is 466. The van der Waals surface area contributed by atoms with E-state index in [-0.39, 0.29) is 11.6 Å². The maximum absolute atomic E-state index is 12.8. The van der Waals surface area contributed by atoms with Crippen LogP contribution < -0.4 is 0 Å². The molecule has 0 aliphatic heterocycles. The molecule has 2 rings (SSSR count). The molecule has 21 heavy (non-hydrogen) atoms. The van der Waals surface area contributed by atoms with Crippen molar-refractivity contribution in [1.82, 2.24) is 4.90 Å². The molecule has 0 spiro atoms. The number of carbonyl (C=O) groups excluding carboxylic acids is 1. The lowest BCUT2D eigenvalue weighted by atomic mass is 10.0. The molecule has 1 saturated carbocycles. The summed E-state index contributed by atoms with van der Waals surface area (Å²) in [5.74, 6) is -0.279. The minimum absolute atomic E-state index is 0.0444. The zero-order valence-electron chi connectivity index (χ0n) is 12.6. The van der Waals surface area contributed by atoms with Crippen LogP contribution in [-0.4, -0.2) is 41.5 Å². The van der Waals surface area contributed by atoms with Crippen LogP contribution in [0.3, 0.4) is 0 Å². The van der Waals surface area contributed by atoms with Gasteiger partial charge in [-0.3, -0.25) is 4.79 Å². The maximum Gasteiger partial charge on any atom is 0.162 e. The maximum atomic E-state index is 12.8. The Hall–Kier alpha value is -1.26. The van der Waals surface area contributed by atoms with E-state index in [4.69, 9.17) is 0 Å². The summed E-state index contributed by atoms with van der Waals surface area (Å²) < 4.78 is 12.8. The first-order chi connectivity index (χ1) is 9.98. The molecule has 0 heterocycles. The Morgan fingerprint density at radius 3 is 2.52 bits per heavy atom. The number of rotatable bonds is 7. The smallest absolute Gasteiger partial charge is 0.162 e. The fourth-order valence-corrected chi connectivity index (χ4v) is 3.06. The van der Waals surface area contributed by atoms with E-state index < -0.39 is 5.60 Å². The Morgan fingerprint density at radius 2 is 1.90 bits per heavy atom. The van der Waals surface area contributed by atoms with E-state index in [1.807, 2.05) is 7.05 Å². The summed E-state index contributed by atoms with van der Waals surface area (Å²) >= 11 is 0. The molecule has 0 bridgehead atoms. The van der Waals surface area contributed by atoms with Gasteiger partial charge in [0.15, 0.2) is 5.78 Å². The summed E-state index contributed by atoms with van der Waals surface area (Å²) in [6.07, 6.45) is 5.18. The van der Waals surface area contributed by atoms with E-state index in [1.165, 1.54) is 24.3 Å². The van der Waals surface area contributed by atoms with Crippen LogP contribution >= 0.6 is 0 Å². The van der Waals surface area contributed by atoms with Crippen molar-refractivity contribution in [2.75, 3.05) is 20.1 Å². The number of hydrogen-bond donors (Lipinski definition) is 1. The molecule has 1 fully saturated rings. The molecular formula is C17H24FNO2. The van der Waals surface area contributed by atoms with E-state index in [0.29, 0.717) is 18.5 Å². The number of ketones is 1. The lowest BCUT2D eigenvalue weighted by Gasteiger charge is -2.28. The van der Waals surface area contributed by atoms with E-state index in [2.05, 4.69) is 4.90 Å². The molecule has 0 saturated heterocycles. The summed E-state index contributed by atoms with van der Waals surface area (Å²) in [6, 6.07) is 5.69. The van der Waals surface area contributed by atoms with Crippen LogP contribution in [0.4, 0.5) is 4.39 Å². The first-order valence-electron chi connectivity index (χ1n) is 7.68. The highest BCUT2D eigenvalue weighted by molar-refractivity contribution is 5.95. The van der Waals surface area contributed by atoms with Crippen molar-refractivity contribution in [2.24, 2.45) is 0 Å². The monoisotopic (exact) mass is 293 g/mol. The van der Waals surface area contributed by atoms with Crippen LogP contribution in [0.15, 0.2) is 24.3 Å². The zero-order chi connectivity index (χ0) is 15.3. The van der Waals surface area contributed by atoms with Crippen LogP contribution in [0, 0.1) is 5.82 Å². The molecule has 0 amide bonds. The molecule has 4 heteroatoms. The highest BCUT2D eigenvalue weighted by atomic mass is 19.1. The van der Waals surface area contributed by atoms with Gasteiger partial charge in [0, 0.05) is 18.5 Å². The standard InChI is InChI=1S/C17H24FNO2/c1-19(13-17(21)10-2-3-11-17)12-4-5-16(20)14-6-8-15(18)9-7-14/h6-9,21H,2-5,10-13H2,1H3. The molecule has 1 N–H and O–H groups in total. The highest BCUT2D eigenvalue weighted by Gasteiger charge is 2.31. The van der Waals surface area contributed by atoms with Gasteiger partial charge in [-0.05, 0) is 57.1 Å². The van der Waals surface area contributed by atoms with Crippen molar-refractivity contribution >= 4 is 5.78 Å². The van der Waals surface area contributed by atoms with E-state index in [9.17, 15) is 14.3 Å². The van der Waals surface area contributed by atoms with Gasteiger partial charge < -0.3 is 10.0 Å². The predicted molar refractivity (Wildman–Crippen MR) is 80.9 cm³/mol. The summed E-state index contributed by atoms with van der Waals surface area (Å²) in [7, 11) is 1.98. The van der Waals surface area contributed by atoms with Crippen molar-refractivity contribution < 1.29 is 14.3 Å². The molecular weight excluding hydrogens is 269 g/mol. The second-order valence-electron chi connectivity index (χ2n) is 6.20. The summed E-state index contributed by atoms with van der Waals surface area (Å²) in [4.78, 5) is 14.1. The molecule has 1 aliphatic rings. The Kier molecular flexibility index (Phi) is 5.48. The van der Waals surface area contributed by atoms with Crippen LogP contribution in [0.5, 0.6) is 0 Å². The number of carbonyl (C=O) groups is 1. The molecule has 0 atom stereocenters. The molecule has 0 aromatic heterocycles.